The van der Waals surface area contributed by atoms with E-state index in [1.807, 2.05) is 0 Å². The molecule has 1 unspecified atom stereocenters. The van der Waals surface area contributed by atoms with Gasteiger partial charge in [0.15, 0.2) is 0 Å². The van der Waals surface area contributed by atoms with E-state index in [9.17, 15) is 18.0 Å². The van der Waals surface area contributed by atoms with Crippen molar-refractivity contribution in [3.05, 3.63) is 52.0 Å². The highest BCUT2D eigenvalue weighted by Gasteiger charge is 2.39. The number of rotatable bonds is 6. The van der Waals surface area contributed by atoms with Crippen LogP contribution in [0.15, 0.2) is 41.3 Å². The summed E-state index contributed by atoms with van der Waals surface area (Å²) in [5.41, 5.74) is 0.617. The molecule has 11 heteroatoms. The third kappa shape index (κ3) is 4.89. The van der Waals surface area contributed by atoms with Gasteiger partial charge in [0.25, 0.3) is 10.0 Å². The van der Waals surface area contributed by atoms with E-state index in [1.54, 1.807) is 18.2 Å². The van der Waals surface area contributed by atoms with Crippen molar-refractivity contribution >= 4 is 45.0 Å². The van der Waals surface area contributed by atoms with Crippen molar-refractivity contribution in [2.45, 2.75) is 11.3 Å². The zero-order chi connectivity index (χ0) is 22.8. The van der Waals surface area contributed by atoms with E-state index in [0.29, 0.717) is 20.6 Å². The number of halogens is 2. The minimum Gasteiger partial charge on any atom is -0.496 e. The molecule has 3 rings (SSSR count). The fraction of sp³-hybridized carbons (Fsp3) is 0.300. The Labute approximate surface area is 190 Å². The Bertz CT molecular complexity index is 1120. The van der Waals surface area contributed by atoms with E-state index in [-0.39, 0.29) is 28.6 Å². The fourth-order valence-corrected chi connectivity index (χ4v) is 5.20. The van der Waals surface area contributed by atoms with Gasteiger partial charge in [0.1, 0.15) is 22.9 Å². The van der Waals surface area contributed by atoms with Gasteiger partial charge < -0.3 is 14.8 Å². The first-order chi connectivity index (χ1) is 14.7. The minimum atomic E-state index is -4.39. The molecule has 1 heterocycles. The maximum absolute atomic E-state index is 13.3. The molecule has 166 valence electrons. The molecule has 0 aromatic heterocycles. The topological polar surface area (TPSA) is 102 Å². The smallest absolute Gasteiger partial charge is 0.270 e. The van der Waals surface area contributed by atoms with E-state index in [2.05, 4.69) is 5.32 Å². The molecule has 0 spiro atoms. The number of hydrogen-bond acceptors (Lipinski definition) is 6. The van der Waals surface area contributed by atoms with Gasteiger partial charge in [-0.1, -0.05) is 23.2 Å². The highest BCUT2D eigenvalue weighted by Crippen LogP contribution is 2.32. The number of carbonyl (C=O) groups is 2. The van der Waals surface area contributed by atoms with Crippen LogP contribution in [0.2, 0.25) is 10.0 Å². The Kier molecular flexibility index (Phi) is 6.98. The van der Waals surface area contributed by atoms with Gasteiger partial charge in [0.2, 0.25) is 11.8 Å². The van der Waals surface area contributed by atoms with Crippen molar-refractivity contribution in [1.82, 2.24) is 9.62 Å². The summed E-state index contributed by atoms with van der Waals surface area (Å²) in [5, 5.41) is 3.30. The number of methoxy groups -OCH3 is 2. The molecule has 2 aromatic rings. The van der Waals surface area contributed by atoms with Gasteiger partial charge in [-0.05, 0) is 42.3 Å². The van der Waals surface area contributed by atoms with E-state index >= 15 is 0 Å². The Morgan fingerprint density at radius 3 is 2.35 bits per heavy atom. The summed E-state index contributed by atoms with van der Waals surface area (Å²) in [5.74, 6) is -1.70. The van der Waals surface area contributed by atoms with Crippen molar-refractivity contribution in [3.63, 3.8) is 0 Å². The molecule has 31 heavy (non-hydrogen) atoms. The molecule has 2 aromatic carbocycles. The predicted octanol–water partition coefficient (Wildman–Crippen LogP) is 2.52. The molecule has 2 amide bonds. The van der Waals surface area contributed by atoms with Crippen LogP contribution in [-0.4, -0.2) is 51.8 Å². The lowest BCUT2D eigenvalue weighted by atomic mass is 9.98. The number of nitrogens with zero attached hydrogens (tertiary/aromatic N) is 1. The van der Waals surface area contributed by atoms with Crippen molar-refractivity contribution < 1.29 is 27.5 Å². The fourth-order valence-electron chi connectivity index (χ4n) is 3.30. The number of amides is 2. The van der Waals surface area contributed by atoms with Gasteiger partial charge in [-0.3, -0.25) is 9.59 Å². The summed E-state index contributed by atoms with van der Waals surface area (Å²) < 4.78 is 37.7. The van der Waals surface area contributed by atoms with Gasteiger partial charge in [0, 0.05) is 22.7 Å². The van der Waals surface area contributed by atoms with Gasteiger partial charge in [-0.15, -0.1) is 0 Å². The lowest BCUT2D eigenvalue weighted by Crippen LogP contribution is -2.42. The zero-order valence-corrected chi connectivity index (χ0v) is 19.1. The Hall–Kier alpha value is -2.49. The summed E-state index contributed by atoms with van der Waals surface area (Å²) in [6.45, 7) is -0.673. The Morgan fingerprint density at radius 1 is 1.03 bits per heavy atom. The second-order valence-electron chi connectivity index (χ2n) is 6.81. The molecule has 1 saturated heterocycles. The van der Waals surface area contributed by atoms with Crippen molar-refractivity contribution in [3.8, 4) is 11.5 Å². The summed E-state index contributed by atoms with van der Waals surface area (Å²) in [7, 11) is -1.63. The van der Waals surface area contributed by atoms with Gasteiger partial charge in [-0.2, -0.15) is 0 Å². The first-order valence-corrected chi connectivity index (χ1v) is 11.4. The van der Waals surface area contributed by atoms with Crippen molar-refractivity contribution in [2.24, 2.45) is 5.92 Å². The van der Waals surface area contributed by atoms with Crippen molar-refractivity contribution in [1.29, 1.82) is 0 Å². The maximum atomic E-state index is 13.3. The average Bonchev–Trinajstić information content (AvgIpc) is 2.87. The van der Waals surface area contributed by atoms with Gasteiger partial charge >= 0.3 is 0 Å². The predicted molar refractivity (Wildman–Crippen MR) is 115 cm³/mol. The number of benzene rings is 2. The summed E-state index contributed by atoms with van der Waals surface area (Å²) in [6, 6.07) is 8.87. The summed E-state index contributed by atoms with van der Waals surface area (Å²) in [4.78, 5) is 25.3. The third-order valence-electron chi connectivity index (χ3n) is 4.83. The normalized spacial score (nSPS) is 17.2. The highest BCUT2D eigenvalue weighted by molar-refractivity contribution is 7.89. The largest absolute Gasteiger partial charge is 0.496 e. The molecule has 0 bridgehead atoms. The van der Waals surface area contributed by atoms with Gasteiger partial charge in [-0.25, -0.2) is 12.7 Å². The monoisotopic (exact) mass is 486 g/mol. The molecular formula is C20H20Cl2N2O6S. The Balaban J connectivity index is 2.00. The first kappa shape index (κ1) is 23.2. The number of sulfonamides is 1. The van der Waals surface area contributed by atoms with Crippen LogP contribution in [0, 0.1) is 5.92 Å². The van der Waals surface area contributed by atoms with Crippen LogP contribution in [0.25, 0.3) is 0 Å². The summed E-state index contributed by atoms with van der Waals surface area (Å²) >= 11 is 12.0. The standard InChI is InChI=1S/C20H20Cl2N2O6S/c1-29-16-5-3-14(21)8-12(16)7-13-10-23-19(25)11-24(20(13)26)31(27,28)18-6-4-15(22)9-17(18)30-2/h3-6,8-9,13H,7,10-11H2,1-2H3,(H,23,25). The second-order valence-corrected chi connectivity index (χ2v) is 9.51. The van der Waals surface area contributed by atoms with Crippen LogP contribution in [-0.2, 0) is 26.0 Å². The number of carbonyl (C=O) groups excluding carboxylic acids is 2. The summed E-state index contributed by atoms with van der Waals surface area (Å²) in [6.07, 6.45) is 0.118. The molecule has 1 atom stereocenters. The minimum absolute atomic E-state index is 0.0296. The highest BCUT2D eigenvalue weighted by atomic mass is 35.5. The van der Waals surface area contributed by atoms with Crippen LogP contribution in [0.5, 0.6) is 11.5 Å². The molecule has 1 N–H and O–H groups in total. The molecule has 8 nitrogen and oxygen atoms in total. The second kappa shape index (κ2) is 9.33. The SMILES string of the molecule is COc1ccc(Cl)cc1CC1CNC(=O)CN(S(=O)(=O)c2ccc(Cl)cc2OC)C1=O. The first-order valence-electron chi connectivity index (χ1n) is 9.16. The molecule has 1 aliphatic rings. The number of ether oxygens (including phenoxy) is 2. The lowest BCUT2D eigenvalue weighted by Gasteiger charge is -2.24. The van der Waals surface area contributed by atoms with Crippen LogP contribution in [0.4, 0.5) is 0 Å². The van der Waals surface area contributed by atoms with Crippen LogP contribution < -0.4 is 14.8 Å². The van der Waals surface area contributed by atoms with Gasteiger partial charge in [0.05, 0.1) is 20.1 Å². The number of nitrogens with one attached hydrogen (secondary N) is 1. The number of hydrogen-bond donors (Lipinski definition) is 1. The van der Waals surface area contributed by atoms with Crippen LogP contribution >= 0.6 is 23.2 Å². The molecule has 0 aliphatic carbocycles. The van der Waals surface area contributed by atoms with Crippen molar-refractivity contribution in [2.75, 3.05) is 27.3 Å². The molecule has 1 aliphatic heterocycles. The molecule has 1 fully saturated rings. The molecule has 0 saturated carbocycles. The van der Waals surface area contributed by atoms with E-state index < -0.39 is 34.3 Å². The van der Waals surface area contributed by atoms with E-state index in [1.165, 1.54) is 32.4 Å². The lowest BCUT2D eigenvalue weighted by molar-refractivity contribution is -0.131. The third-order valence-corrected chi connectivity index (χ3v) is 7.08. The molecule has 0 radical (unpaired) electrons. The zero-order valence-electron chi connectivity index (χ0n) is 16.7. The maximum Gasteiger partial charge on any atom is 0.270 e. The van der Waals surface area contributed by atoms with E-state index in [0.717, 1.165) is 0 Å². The Morgan fingerprint density at radius 2 is 1.68 bits per heavy atom. The van der Waals surface area contributed by atoms with Crippen LogP contribution in [0.1, 0.15) is 5.56 Å². The molecular weight excluding hydrogens is 467 g/mol. The quantitative estimate of drug-likeness (QED) is 0.672. The van der Waals surface area contributed by atoms with Crippen LogP contribution in [0.3, 0.4) is 0 Å². The average molecular weight is 487 g/mol. The van der Waals surface area contributed by atoms with E-state index in [4.69, 9.17) is 32.7 Å².